The number of para-hydroxylation sites is 1. The molecule has 2 N–H and O–H groups in total. The Bertz CT molecular complexity index is 531. The molecule has 4 heteroatoms. The monoisotopic (exact) mass is 295 g/mol. The lowest BCUT2D eigenvalue weighted by atomic mass is 10.2. The van der Waals surface area contributed by atoms with Crippen LogP contribution in [-0.2, 0) is 6.61 Å². The molecule has 0 aliphatic carbocycles. The first-order valence-corrected chi connectivity index (χ1v) is 5.87. The van der Waals surface area contributed by atoms with Crippen LogP contribution in [0.3, 0.4) is 0 Å². The molecule has 17 heavy (non-hydrogen) atoms. The minimum absolute atomic E-state index is 0.219. The normalized spacial score (nSPS) is 10.2. The number of nitrogen functional groups attached to an aromatic ring is 1. The quantitative estimate of drug-likeness (QED) is 0.875. The molecule has 0 aliphatic rings. The first-order chi connectivity index (χ1) is 8.16. The molecule has 88 valence electrons. The second-order valence-corrected chi connectivity index (χ2v) is 4.48. The summed E-state index contributed by atoms with van der Waals surface area (Å²) in [5.41, 5.74) is 7.25. The van der Waals surface area contributed by atoms with Crippen molar-refractivity contribution in [3.63, 3.8) is 0 Å². The van der Waals surface area contributed by atoms with Crippen LogP contribution < -0.4 is 10.5 Å². The summed E-state index contributed by atoms with van der Waals surface area (Å²) in [7, 11) is 0. The van der Waals surface area contributed by atoms with Gasteiger partial charge in [0.1, 0.15) is 6.61 Å². The van der Waals surface area contributed by atoms with Crippen LogP contribution in [0, 0.1) is 5.82 Å². The van der Waals surface area contributed by atoms with Crippen molar-refractivity contribution >= 4 is 21.6 Å². The molecule has 2 aromatic rings. The van der Waals surface area contributed by atoms with E-state index in [1.54, 1.807) is 18.2 Å². The highest BCUT2D eigenvalue weighted by Crippen LogP contribution is 2.23. The Morgan fingerprint density at radius 3 is 2.65 bits per heavy atom. The number of rotatable bonds is 3. The summed E-state index contributed by atoms with van der Waals surface area (Å²) >= 11 is 3.19. The Hall–Kier alpha value is -1.55. The highest BCUT2D eigenvalue weighted by atomic mass is 79.9. The van der Waals surface area contributed by atoms with Gasteiger partial charge in [-0.25, -0.2) is 4.39 Å². The molecule has 0 saturated heterocycles. The van der Waals surface area contributed by atoms with Crippen LogP contribution >= 0.6 is 15.9 Å². The second-order valence-electron chi connectivity index (χ2n) is 3.56. The molecule has 0 amide bonds. The largest absolute Gasteiger partial charge is 0.486 e. The molecular formula is C13H11BrFNO. The minimum atomic E-state index is -0.395. The van der Waals surface area contributed by atoms with Crippen molar-refractivity contribution < 1.29 is 9.13 Å². The van der Waals surface area contributed by atoms with Crippen molar-refractivity contribution in [1.82, 2.24) is 0 Å². The van der Waals surface area contributed by atoms with Crippen molar-refractivity contribution in [3.05, 3.63) is 58.3 Å². The summed E-state index contributed by atoms with van der Waals surface area (Å²) in [6.07, 6.45) is 0. The van der Waals surface area contributed by atoms with Gasteiger partial charge >= 0.3 is 0 Å². The van der Waals surface area contributed by atoms with Gasteiger partial charge in [-0.2, -0.15) is 0 Å². The zero-order valence-electron chi connectivity index (χ0n) is 8.99. The van der Waals surface area contributed by atoms with E-state index in [4.69, 9.17) is 10.5 Å². The number of benzene rings is 2. The topological polar surface area (TPSA) is 35.2 Å². The van der Waals surface area contributed by atoms with E-state index in [-0.39, 0.29) is 12.4 Å². The smallest absolute Gasteiger partial charge is 0.166 e. The molecule has 0 saturated carbocycles. The van der Waals surface area contributed by atoms with Gasteiger partial charge in [-0.15, -0.1) is 0 Å². The average molecular weight is 296 g/mol. The van der Waals surface area contributed by atoms with Crippen LogP contribution in [0.2, 0.25) is 0 Å². The summed E-state index contributed by atoms with van der Waals surface area (Å²) in [4.78, 5) is 0. The molecule has 2 nitrogen and oxygen atoms in total. The zero-order chi connectivity index (χ0) is 12.3. The maximum Gasteiger partial charge on any atom is 0.166 e. The van der Waals surface area contributed by atoms with Crippen molar-refractivity contribution in [2.75, 3.05) is 5.73 Å². The lowest BCUT2D eigenvalue weighted by Crippen LogP contribution is -2.00. The molecule has 0 aromatic heterocycles. The minimum Gasteiger partial charge on any atom is -0.486 e. The second kappa shape index (κ2) is 5.19. The number of anilines is 1. The van der Waals surface area contributed by atoms with Gasteiger partial charge < -0.3 is 10.5 Å². The molecule has 0 bridgehead atoms. The van der Waals surface area contributed by atoms with E-state index in [1.165, 1.54) is 6.07 Å². The molecule has 0 spiro atoms. The van der Waals surface area contributed by atoms with Crippen LogP contribution in [0.5, 0.6) is 5.75 Å². The molecule has 0 heterocycles. The van der Waals surface area contributed by atoms with Gasteiger partial charge in [-0.3, -0.25) is 0 Å². The number of halogens is 2. The molecule has 0 atom stereocenters. The fourth-order valence-electron chi connectivity index (χ4n) is 1.41. The summed E-state index contributed by atoms with van der Waals surface area (Å²) < 4.78 is 19.5. The van der Waals surface area contributed by atoms with Crippen molar-refractivity contribution in [3.8, 4) is 5.75 Å². The van der Waals surface area contributed by atoms with Gasteiger partial charge in [0.25, 0.3) is 0 Å². The first kappa shape index (κ1) is 11.9. The maximum atomic E-state index is 13.5. The predicted octanol–water partition coefficient (Wildman–Crippen LogP) is 3.75. The van der Waals surface area contributed by atoms with Crippen LogP contribution in [0.1, 0.15) is 5.56 Å². The molecule has 2 aromatic carbocycles. The number of ether oxygens (including phenoxy) is 1. The Morgan fingerprint density at radius 2 is 1.94 bits per heavy atom. The highest BCUT2D eigenvalue weighted by Gasteiger charge is 2.05. The van der Waals surface area contributed by atoms with E-state index in [9.17, 15) is 4.39 Å². The van der Waals surface area contributed by atoms with Crippen molar-refractivity contribution in [2.24, 2.45) is 0 Å². The third kappa shape index (κ3) is 2.97. The van der Waals surface area contributed by atoms with Gasteiger partial charge in [-0.05, 0) is 24.3 Å². The lowest BCUT2D eigenvalue weighted by molar-refractivity contribution is 0.291. The third-order valence-corrected chi connectivity index (χ3v) is 2.83. The summed E-state index contributed by atoms with van der Waals surface area (Å²) in [5, 5.41) is 0. The molecule has 0 unspecified atom stereocenters. The average Bonchev–Trinajstić information content (AvgIpc) is 2.30. The zero-order valence-corrected chi connectivity index (χ0v) is 10.6. The van der Waals surface area contributed by atoms with E-state index >= 15 is 0 Å². The van der Waals surface area contributed by atoms with Crippen LogP contribution in [-0.4, -0.2) is 0 Å². The number of nitrogens with two attached hydrogens (primary N) is 1. The first-order valence-electron chi connectivity index (χ1n) is 5.08. The lowest BCUT2D eigenvalue weighted by Gasteiger charge is -2.09. The van der Waals surface area contributed by atoms with E-state index in [1.807, 2.05) is 18.2 Å². The third-order valence-electron chi connectivity index (χ3n) is 2.33. The maximum absolute atomic E-state index is 13.5. The van der Waals surface area contributed by atoms with E-state index in [2.05, 4.69) is 15.9 Å². The van der Waals surface area contributed by atoms with Crippen molar-refractivity contribution in [2.45, 2.75) is 6.61 Å². The summed E-state index contributed by atoms with van der Waals surface area (Å²) in [6, 6.07) is 12.0. The molecular weight excluding hydrogens is 285 g/mol. The number of hydrogen-bond donors (Lipinski definition) is 1. The van der Waals surface area contributed by atoms with Gasteiger partial charge in [0.15, 0.2) is 11.6 Å². The van der Waals surface area contributed by atoms with E-state index < -0.39 is 5.82 Å². The standard InChI is InChI=1S/C13H11BrFNO/c14-10-5-6-13(11(15)7-10)17-8-9-3-1-2-4-12(9)16/h1-7H,8,16H2. The highest BCUT2D eigenvalue weighted by molar-refractivity contribution is 9.10. The van der Waals surface area contributed by atoms with E-state index in [0.29, 0.717) is 10.2 Å². The summed E-state index contributed by atoms with van der Waals surface area (Å²) in [5.74, 6) is -0.176. The molecule has 0 aliphatic heterocycles. The Morgan fingerprint density at radius 1 is 1.18 bits per heavy atom. The fourth-order valence-corrected chi connectivity index (χ4v) is 1.75. The van der Waals surface area contributed by atoms with Gasteiger partial charge in [0.2, 0.25) is 0 Å². The molecule has 2 rings (SSSR count). The van der Waals surface area contributed by atoms with Gasteiger partial charge in [-0.1, -0.05) is 34.1 Å². The Labute approximate surface area is 107 Å². The number of hydrogen-bond acceptors (Lipinski definition) is 2. The van der Waals surface area contributed by atoms with Crippen molar-refractivity contribution in [1.29, 1.82) is 0 Å². The van der Waals surface area contributed by atoms with Crippen LogP contribution in [0.4, 0.5) is 10.1 Å². The van der Waals surface area contributed by atoms with E-state index in [0.717, 1.165) is 5.56 Å². The van der Waals surface area contributed by atoms with Crippen LogP contribution in [0.15, 0.2) is 46.9 Å². The van der Waals surface area contributed by atoms with Gasteiger partial charge in [0, 0.05) is 15.7 Å². The van der Waals surface area contributed by atoms with Gasteiger partial charge in [0.05, 0.1) is 0 Å². The fraction of sp³-hybridized carbons (Fsp3) is 0.0769. The Kier molecular flexibility index (Phi) is 3.64. The predicted molar refractivity (Wildman–Crippen MR) is 69.3 cm³/mol. The Balaban J connectivity index is 2.10. The molecule has 0 fully saturated rings. The summed E-state index contributed by atoms with van der Waals surface area (Å²) in [6.45, 7) is 0.255. The molecule has 0 radical (unpaired) electrons. The SMILES string of the molecule is Nc1ccccc1COc1ccc(Br)cc1F. The van der Waals surface area contributed by atoms with Crippen LogP contribution in [0.25, 0.3) is 0 Å².